The largest absolute Gasteiger partial charge is 0.260 e. The van der Waals surface area contributed by atoms with E-state index in [1.807, 2.05) is 42.6 Å². The minimum Gasteiger partial charge on any atom is -0.260 e. The van der Waals surface area contributed by atoms with Crippen LogP contribution in [0.1, 0.15) is 17.7 Å². The summed E-state index contributed by atoms with van der Waals surface area (Å²) in [6, 6.07) is 16.2. The highest BCUT2D eigenvalue weighted by atomic mass is 32.2. The van der Waals surface area contributed by atoms with Crippen molar-refractivity contribution in [2.45, 2.75) is 12.2 Å². The zero-order chi connectivity index (χ0) is 12.9. The van der Waals surface area contributed by atoms with E-state index in [0.717, 1.165) is 34.2 Å². The highest BCUT2D eigenvalue weighted by Crippen LogP contribution is 2.21. The summed E-state index contributed by atoms with van der Waals surface area (Å²) in [7, 11) is 0. The maximum atomic E-state index is 4.30. The monoisotopic (exact) mass is 267 g/mol. The highest BCUT2D eigenvalue weighted by Gasteiger charge is 2.14. The third kappa shape index (κ3) is 3.09. The summed E-state index contributed by atoms with van der Waals surface area (Å²) in [6.45, 7) is 0. The van der Waals surface area contributed by atoms with Crippen LogP contribution in [0.2, 0.25) is 0 Å². The van der Waals surface area contributed by atoms with Crippen molar-refractivity contribution < 1.29 is 0 Å². The Kier molecular flexibility index (Phi) is 3.70. The molecule has 0 unspecified atom stereocenters. The quantitative estimate of drug-likeness (QED) is 0.853. The Hall–Kier alpha value is -1.94. The molecule has 94 valence electrons. The van der Waals surface area contributed by atoms with Gasteiger partial charge >= 0.3 is 0 Å². The van der Waals surface area contributed by atoms with Crippen LogP contribution in [0, 0.1) is 0 Å². The van der Waals surface area contributed by atoms with E-state index in [-0.39, 0.29) is 0 Å². The van der Waals surface area contributed by atoms with Crippen LogP contribution >= 0.6 is 11.8 Å². The summed E-state index contributed by atoms with van der Waals surface area (Å²) in [5.41, 5.74) is 3.27. The lowest BCUT2D eigenvalue weighted by Gasteiger charge is -2.01. The predicted molar refractivity (Wildman–Crippen MR) is 80.6 cm³/mol. The first-order chi connectivity index (χ1) is 9.42. The van der Waals surface area contributed by atoms with Crippen molar-refractivity contribution in [3.8, 4) is 0 Å². The fraction of sp³-hybridized carbons (Fsp3) is 0.133. The fourth-order valence-electron chi connectivity index (χ4n) is 1.84. The molecule has 0 spiro atoms. The molecule has 0 atom stereocenters. The van der Waals surface area contributed by atoms with Crippen LogP contribution in [0.15, 0.2) is 64.9 Å². The predicted octanol–water partition coefficient (Wildman–Crippen LogP) is 3.52. The Balaban J connectivity index is 1.57. The Morgan fingerprint density at radius 3 is 2.58 bits per heavy atom. The van der Waals surface area contributed by atoms with Crippen LogP contribution in [0.3, 0.4) is 0 Å². The topological polar surface area (TPSA) is 37.6 Å². The third-order valence-electron chi connectivity index (χ3n) is 2.82. The van der Waals surface area contributed by atoms with Crippen LogP contribution in [0.4, 0.5) is 0 Å². The van der Waals surface area contributed by atoms with Crippen LogP contribution < -0.4 is 0 Å². The van der Waals surface area contributed by atoms with E-state index in [4.69, 9.17) is 0 Å². The van der Waals surface area contributed by atoms with Gasteiger partial charge in [0.1, 0.15) is 5.04 Å². The second-order valence-corrected chi connectivity index (χ2v) is 5.24. The van der Waals surface area contributed by atoms with E-state index < -0.39 is 0 Å². The van der Waals surface area contributed by atoms with Crippen molar-refractivity contribution in [3.63, 3.8) is 0 Å². The van der Waals surface area contributed by atoms with Gasteiger partial charge in [-0.3, -0.25) is 4.98 Å². The smallest absolute Gasteiger partial charge is 0.102 e. The molecule has 0 amide bonds. The van der Waals surface area contributed by atoms with Gasteiger partial charge in [0.25, 0.3) is 0 Å². The number of rotatable bonds is 3. The first-order valence-corrected chi connectivity index (χ1v) is 7.12. The molecule has 3 nitrogen and oxygen atoms in total. The lowest BCUT2D eigenvalue weighted by atomic mass is 10.1. The summed E-state index contributed by atoms with van der Waals surface area (Å²) >= 11 is 1.71. The number of nitrogens with zero attached hydrogens (tertiary/aromatic N) is 3. The van der Waals surface area contributed by atoms with E-state index in [2.05, 4.69) is 27.3 Å². The molecule has 1 aromatic heterocycles. The van der Waals surface area contributed by atoms with Crippen molar-refractivity contribution in [3.05, 3.63) is 66.0 Å². The molecule has 1 aliphatic heterocycles. The van der Waals surface area contributed by atoms with Gasteiger partial charge in [-0.2, -0.15) is 5.10 Å². The number of pyridine rings is 1. The molecule has 0 N–H and O–H groups in total. The van der Waals surface area contributed by atoms with Gasteiger partial charge in [0.05, 0.1) is 11.4 Å². The lowest BCUT2D eigenvalue weighted by molar-refractivity contribution is 1.18. The lowest BCUT2D eigenvalue weighted by Crippen LogP contribution is -2.01. The van der Waals surface area contributed by atoms with E-state index >= 15 is 0 Å². The second kappa shape index (κ2) is 5.80. The van der Waals surface area contributed by atoms with Crippen LogP contribution in [0.25, 0.3) is 0 Å². The van der Waals surface area contributed by atoms with E-state index in [1.54, 1.807) is 11.8 Å². The normalized spacial score (nSPS) is 14.1. The molecular formula is C15H13N3S. The molecule has 0 saturated heterocycles. The molecule has 19 heavy (non-hydrogen) atoms. The van der Waals surface area contributed by atoms with Crippen LogP contribution in [-0.2, 0) is 5.75 Å². The molecule has 4 heteroatoms. The van der Waals surface area contributed by atoms with Gasteiger partial charge in [-0.05, 0) is 17.7 Å². The molecule has 3 rings (SSSR count). The molecular weight excluding hydrogens is 254 g/mol. The Labute approximate surface area is 116 Å². The van der Waals surface area contributed by atoms with Crippen molar-refractivity contribution in [1.82, 2.24) is 4.98 Å². The summed E-state index contributed by atoms with van der Waals surface area (Å²) in [5.74, 6) is 0.845. The molecule has 0 saturated carbocycles. The molecule has 1 aromatic carbocycles. The highest BCUT2D eigenvalue weighted by molar-refractivity contribution is 8.13. The molecule has 2 heterocycles. The zero-order valence-electron chi connectivity index (χ0n) is 10.4. The van der Waals surface area contributed by atoms with Crippen molar-refractivity contribution >= 4 is 22.5 Å². The average Bonchev–Trinajstić information content (AvgIpc) is 2.96. The van der Waals surface area contributed by atoms with E-state index in [0.29, 0.717) is 0 Å². The molecule has 0 aliphatic carbocycles. The number of hydrogen-bond donors (Lipinski definition) is 0. The van der Waals surface area contributed by atoms with Gasteiger partial charge in [-0.25, -0.2) is 0 Å². The first kappa shape index (κ1) is 12.1. The Morgan fingerprint density at radius 1 is 0.947 bits per heavy atom. The van der Waals surface area contributed by atoms with Crippen molar-refractivity contribution in [1.29, 1.82) is 0 Å². The summed E-state index contributed by atoms with van der Waals surface area (Å²) in [5, 5.41) is 9.57. The summed E-state index contributed by atoms with van der Waals surface area (Å²) < 4.78 is 0. The molecule has 0 radical (unpaired) electrons. The minimum atomic E-state index is 0.821. The second-order valence-electron chi connectivity index (χ2n) is 4.19. The van der Waals surface area contributed by atoms with Gasteiger partial charge in [0.2, 0.25) is 0 Å². The van der Waals surface area contributed by atoms with Crippen molar-refractivity contribution in [2.75, 3.05) is 0 Å². The number of aromatic nitrogens is 1. The van der Waals surface area contributed by atoms with Gasteiger partial charge in [-0.1, -0.05) is 36.4 Å². The summed E-state index contributed by atoms with van der Waals surface area (Å²) in [6.07, 6.45) is 2.64. The Bertz CT molecular complexity index is 606. The van der Waals surface area contributed by atoms with Crippen LogP contribution in [-0.4, -0.2) is 15.7 Å². The zero-order valence-corrected chi connectivity index (χ0v) is 11.2. The van der Waals surface area contributed by atoms with Gasteiger partial charge in [0, 0.05) is 18.4 Å². The number of thioether (sulfide) groups is 1. The maximum Gasteiger partial charge on any atom is 0.102 e. The van der Waals surface area contributed by atoms with Gasteiger partial charge < -0.3 is 0 Å². The summed E-state index contributed by atoms with van der Waals surface area (Å²) in [4.78, 5) is 4.30. The Morgan fingerprint density at radius 2 is 1.79 bits per heavy atom. The molecule has 1 aliphatic rings. The minimum absolute atomic E-state index is 0.821. The van der Waals surface area contributed by atoms with Crippen LogP contribution in [0.5, 0.6) is 0 Å². The van der Waals surface area contributed by atoms with E-state index in [1.165, 1.54) is 0 Å². The molecule has 0 bridgehead atoms. The maximum absolute atomic E-state index is 4.30. The SMILES string of the molecule is c1ccc(C2=NN=C(SCc3ccccn3)C2)cc1. The molecule has 2 aromatic rings. The first-order valence-electron chi connectivity index (χ1n) is 6.13. The fourth-order valence-corrected chi connectivity index (χ4v) is 2.66. The van der Waals surface area contributed by atoms with Crippen molar-refractivity contribution in [2.24, 2.45) is 10.2 Å². The third-order valence-corrected chi connectivity index (χ3v) is 3.82. The number of hydrogen-bond acceptors (Lipinski definition) is 4. The average molecular weight is 267 g/mol. The van der Waals surface area contributed by atoms with Gasteiger partial charge in [0.15, 0.2) is 0 Å². The standard InChI is InChI=1S/C15H13N3S/c1-2-6-12(7-3-1)14-10-15(18-17-14)19-11-13-8-4-5-9-16-13/h1-9H,10-11H2. The van der Waals surface area contributed by atoms with Gasteiger partial charge in [-0.15, -0.1) is 16.9 Å². The van der Waals surface area contributed by atoms with E-state index in [9.17, 15) is 0 Å². The number of benzene rings is 1. The molecule has 0 fully saturated rings.